The van der Waals surface area contributed by atoms with Crippen LogP contribution in [-0.2, 0) is 35.0 Å². The fourth-order valence-corrected chi connectivity index (χ4v) is 6.86. The molecule has 2 heterocycles. The number of esters is 2. The second kappa shape index (κ2) is 11.9. The Morgan fingerprint density at radius 1 is 1.17 bits per heavy atom. The summed E-state index contributed by atoms with van der Waals surface area (Å²) in [6, 6.07) is 6.16. The summed E-state index contributed by atoms with van der Waals surface area (Å²) in [5.41, 5.74) is 1.02. The number of phenols is 1. The lowest BCUT2D eigenvalue weighted by atomic mass is 9.54. The van der Waals surface area contributed by atoms with Crippen molar-refractivity contribution < 1.29 is 59.2 Å². The minimum atomic E-state index is -1.61. The van der Waals surface area contributed by atoms with Crippen LogP contribution >= 0.6 is 0 Å². The van der Waals surface area contributed by atoms with Crippen molar-refractivity contribution >= 4 is 11.9 Å². The SMILES string of the molecule is C=C1C(=O)O[C@@H]2[C@H]3/C(=C\O[C@@H]4O[C@H](CO)[C@@H](O)[C@H](O)[C@H]4O)CC[C@@H](OC(=O)C(O)Cc4ccc(O)cc4)[C@]3(C)CC[C@@H]12. The Bertz CT molecular complexity index is 1210. The molecule has 11 atom stereocenters. The molecule has 0 radical (unpaired) electrons. The molecule has 2 saturated heterocycles. The van der Waals surface area contributed by atoms with Crippen molar-refractivity contribution in [2.24, 2.45) is 17.3 Å². The highest BCUT2D eigenvalue weighted by molar-refractivity contribution is 5.91. The average Bonchev–Trinajstić information content (AvgIpc) is 3.26. The molecule has 0 amide bonds. The van der Waals surface area contributed by atoms with E-state index in [4.69, 9.17) is 18.9 Å². The minimum Gasteiger partial charge on any atom is -0.508 e. The summed E-state index contributed by atoms with van der Waals surface area (Å²) in [4.78, 5) is 25.5. The van der Waals surface area contributed by atoms with Gasteiger partial charge < -0.3 is 49.6 Å². The van der Waals surface area contributed by atoms with E-state index in [-0.39, 0.29) is 18.1 Å². The first kappa shape index (κ1) is 30.5. The van der Waals surface area contributed by atoms with Crippen molar-refractivity contribution in [3.05, 3.63) is 53.8 Å². The maximum atomic E-state index is 13.0. The summed E-state index contributed by atoms with van der Waals surface area (Å²) in [7, 11) is 0. The van der Waals surface area contributed by atoms with Gasteiger partial charge in [-0.1, -0.05) is 25.6 Å². The highest BCUT2D eigenvalue weighted by atomic mass is 16.7. The molecule has 2 aliphatic heterocycles. The van der Waals surface area contributed by atoms with Gasteiger partial charge in [-0.3, -0.25) is 0 Å². The lowest BCUT2D eigenvalue weighted by molar-refractivity contribution is -0.288. The fraction of sp³-hybridized carbons (Fsp3) is 0.600. The van der Waals surface area contributed by atoms with E-state index < -0.39 is 78.9 Å². The number of benzene rings is 1. The predicted octanol–water partition coefficient (Wildman–Crippen LogP) is 0.216. The Balaban J connectivity index is 1.36. The van der Waals surface area contributed by atoms with Gasteiger partial charge in [-0.2, -0.15) is 0 Å². The van der Waals surface area contributed by atoms with Crippen molar-refractivity contribution in [2.45, 2.75) is 88.0 Å². The molecule has 0 spiro atoms. The number of aliphatic hydroxyl groups is 5. The number of aromatic hydroxyl groups is 1. The minimum absolute atomic E-state index is 0.00615. The van der Waals surface area contributed by atoms with E-state index in [1.54, 1.807) is 12.1 Å². The van der Waals surface area contributed by atoms with Crippen molar-refractivity contribution in [3.8, 4) is 5.75 Å². The van der Waals surface area contributed by atoms with Gasteiger partial charge in [-0.05, 0) is 49.0 Å². The van der Waals surface area contributed by atoms with Crippen LogP contribution in [0.25, 0.3) is 0 Å². The molecule has 1 unspecified atom stereocenters. The summed E-state index contributed by atoms with van der Waals surface area (Å²) in [6.45, 7) is 5.25. The maximum absolute atomic E-state index is 13.0. The third kappa shape index (κ3) is 5.54. The van der Waals surface area contributed by atoms with Gasteiger partial charge in [0.25, 0.3) is 0 Å². The lowest BCUT2D eigenvalue weighted by Crippen LogP contribution is -2.59. The Hall–Kier alpha value is -3.00. The molecule has 230 valence electrons. The fourth-order valence-electron chi connectivity index (χ4n) is 6.86. The molecule has 42 heavy (non-hydrogen) atoms. The number of aliphatic hydroxyl groups excluding tert-OH is 5. The molecule has 1 aromatic rings. The van der Waals surface area contributed by atoms with E-state index >= 15 is 0 Å². The van der Waals surface area contributed by atoms with Gasteiger partial charge in [0.15, 0.2) is 6.10 Å². The van der Waals surface area contributed by atoms with Gasteiger partial charge in [0.1, 0.15) is 42.4 Å². The van der Waals surface area contributed by atoms with E-state index in [0.717, 1.165) is 0 Å². The molecule has 1 aromatic carbocycles. The Kier molecular flexibility index (Phi) is 8.66. The lowest BCUT2D eigenvalue weighted by Gasteiger charge is -2.53. The number of carbonyl (C=O) groups is 2. The van der Waals surface area contributed by atoms with Crippen molar-refractivity contribution in [1.29, 1.82) is 0 Å². The number of phenolic OH excluding ortho intramolecular Hbond substituents is 1. The molecule has 0 bridgehead atoms. The van der Waals surface area contributed by atoms with Gasteiger partial charge in [0.2, 0.25) is 6.29 Å². The number of hydrogen-bond acceptors (Lipinski definition) is 12. The van der Waals surface area contributed by atoms with Crippen molar-refractivity contribution in [2.75, 3.05) is 6.61 Å². The summed E-state index contributed by atoms with van der Waals surface area (Å²) >= 11 is 0. The summed E-state index contributed by atoms with van der Waals surface area (Å²) in [5.74, 6) is -1.92. The highest BCUT2D eigenvalue weighted by Gasteiger charge is 2.60. The molecule has 6 N–H and O–H groups in total. The molecule has 12 heteroatoms. The topological polar surface area (TPSA) is 192 Å². The second-order valence-electron chi connectivity index (χ2n) is 11.9. The summed E-state index contributed by atoms with van der Waals surface area (Å²) < 4.78 is 22.9. The molecule has 2 saturated carbocycles. The molecule has 12 nitrogen and oxygen atoms in total. The van der Waals surface area contributed by atoms with Crippen LogP contribution in [0.2, 0.25) is 0 Å². The van der Waals surface area contributed by atoms with Gasteiger partial charge in [-0.25, -0.2) is 9.59 Å². The van der Waals surface area contributed by atoms with E-state index in [2.05, 4.69) is 6.58 Å². The average molecular weight is 591 g/mol. The van der Waals surface area contributed by atoms with Crippen molar-refractivity contribution in [1.82, 2.24) is 0 Å². The third-order valence-corrected chi connectivity index (χ3v) is 9.31. The number of fused-ring (bicyclic) bond motifs is 3. The zero-order valence-corrected chi connectivity index (χ0v) is 23.2. The molecule has 4 fully saturated rings. The Labute approximate surface area is 242 Å². The summed E-state index contributed by atoms with van der Waals surface area (Å²) in [6.07, 6.45) is -6.64. The maximum Gasteiger partial charge on any atom is 0.335 e. The number of carbonyl (C=O) groups excluding carboxylic acids is 2. The molecule has 5 rings (SSSR count). The first-order valence-electron chi connectivity index (χ1n) is 14.2. The third-order valence-electron chi connectivity index (χ3n) is 9.31. The normalized spacial score (nSPS) is 39.7. The van der Waals surface area contributed by atoms with Gasteiger partial charge >= 0.3 is 11.9 Å². The number of ether oxygens (including phenoxy) is 4. The highest BCUT2D eigenvalue weighted by Crippen LogP contribution is 2.58. The van der Waals surface area contributed by atoms with Crippen LogP contribution in [0.5, 0.6) is 5.75 Å². The predicted molar refractivity (Wildman–Crippen MR) is 143 cm³/mol. The number of rotatable bonds is 7. The van der Waals surface area contributed by atoms with Crippen LogP contribution in [0.15, 0.2) is 48.3 Å². The van der Waals surface area contributed by atoms with Crippen LogP contribution < -0.4 is 0 Å². The van der Waals surface area contributed by atoms with Crippen LogP contribution in [0.1, 0.15) is 38.2 Å². The van der Waals surface area contributed by atoms with Crippen LogP contribution in [0.4, 0.5) is 0 Å². The first-order chi connectivity index (χ1) is 19.9. The van der Waals surface area contributed by atoms with Gasteiger partial charge in [-0.15, -0.1) is 0 Å². The Morgan fingerprint density at radius 3 is 2.57 bits per heavy atom. The van der Waals surface area contributed by atoms with Crippen LogP contribution in [0.3, 0.4) is 0 Å². The monoisotopic (exact) mass is 590 g/mol. The summed E-state index contributed by atoms with van der Waals surface area (Å²) in [5, 5.41) is 60.2. The smallest absolute Gasteiger partial charge is 0.335 e. The zero-order chi connectivity index (χ0) is 30.3. The van der Waals surface area contributed by atoms with E-state index in [1.807, 2.05) is 6.92 Å². The van der Waals surface area contributed by atoms with Gasteiger partial charge in [0.05, 0.1) is 12.9 Å². The zero-order valence-electron chi connectivity index (χ0n) is 23.2. The largest absolute Gasteiger partial charge is 0.508 e. The van der Waals surface area contributed by atoms with Crippen molar-refractivity contribution in [3.63, 3.8) is 0 Å². The van der Waals surface area contributed by atoms with Gasteiger partial charge in [0, 0.05) is 29.2 Å². The molecule has 4 aliphatic rings. The molecule has 0 aromatic heterocycles. The van der Waals surface area contributed by atoms with Crippen LogP contribution in [0, 0.1) is 17.3 Å². The molecule has 2 aliphatic carbocycles. The molecular formula is C30H38O12. The van der Waals surface area contributed by atoms with E-state index in [9.17, 15) is 40.2 Å². The second-order valence-corrected chi connectivity index (χ2v) is 11.9. The number of hydrogen-bond donors (Lipinski definition) is 6. The Morgan fingerprint density at radius 2 is 1.88 bits per heavy atom. The first-order valence-corrected chi connectivity index (χ1v) is 14.2. The van der Waals surface area contributed by atoms with Crippen LogP contribution in [-0.4, -0.2) is 98.2 Å². The van der Waals surface area contributed by atoms with E-state index in [0.29, 0.717) is 42.4 Å². The quantitative estimate of drug-likeness (QED) is 0.144. The standard InChI is InChI=1S/C30H38O12/c1-14-18-9-10-30(2)21(41-28(38)19(33)11-15-3-6-17(32)7-4-15)8-5-16(22(30)26(18)42-27(14)37)13-39-29-25(36)24(35)23(34)20(12-31)40-29/h3-4,6-7,13,18-26,29,31-36H,1,5,8-12H2,2H3/b16-13-/t18-,19?,20+,21+,22+,23+,24-,25+,26-,29+,30-/m0/s1. The molecular weight excluding hydrogens is 552 g/mol. The van der Waals surface area contributed by atoms with E-state index in [1.165, 1.54) is 18.4 Å².